The van der Waals surface area contributed by atoms with Gasteiger partial charge in [0.25, 0.3) is 0 Å². The molecular formula is C28H39NO3. The predicted octanol–water partition coefficient (Wildman–Crippen LogP) is 6.87. The zero-order valence-electron chi connectivity index (χ0n) is 20.6. The molecule has 0 saturated carbocycles. The fourth-order valence-electron chi connectivity index (χ4n) is 4.19. The number of nitrogens with zero attached hydrogens (tertiary/aromatic N) is 1. The second-order valence-electron chi connectivity index (χ2n) is 9.45. The number of hydrogen-bond donors (Lipinski definition) is 0. The summed E-state index contributed by atoms with van der Waals surface area (Å²) >= 11 is 0. The highest BCUT2D eigenvalue weighted by Crippen LogP contribution is 2.41. The Hall–Kier alpha value is -2.62. The quantitative estimate of drug-likeness (QED) is 0.426. The largest absolute Gasteiger partial charge is 0.438 e. The van der Waals surface area contributed by atoms with Crippen molar-refractivity contribution < 1.29 is 14.3 Å². The number of rotatable bonds is 6. The van der Waals surface area contributed by atoms with Crippen molar-refractivity contribution in [1.82, 2.24) is 4.90 Å². The van der Waals surface area contributed by atoms with Gasteiger partial charge in [0.2, 0.25) is 0 Å². The van der Waals surface area contributed by atoms with Crippen LogP contribution in [-0.2, 0) is 9.53 Å². The first-order chi connectivity index (χ1) is 15.2. The van der Waals surface area contributed by atoms with Crippen LogP contribution in [0.2, 0.25) is 0 Å². The zero-order chi connectivity index (χ0) is 23.7. The average Bonchev–Trinajstić information content (AvgIpc) is 2.76. The molecule has 1 amide bonds. The molecule has 174 valence electrons. The van der Waals surface area contributed by atoms with Gasteiger partial charge in [-0.1, -0.05) is 73.6 Å². The summed E-state index contributed by atoms with van der Waals surface area (Å²) in [4.78, 5) is 27.3. The van der Waals surface area contributed by atoms with Crippen LogP contribution in [0.5, 0.6) is 0 Å². The van der Waals surface area contributed by atoms with Crippen LogP contribution in [0.1, 0.15) is 67.2 Å². The molecule has 0 radical (unpaired) electrons. The van der Waals surface area contributed by atoms with E-state index < -0.39 is 6.10 Å². The van der Waals surface area contributed by atoms with Gasteiger partial charge in [-0.2, -0.15) is 0 Å². The molecule has 1 saturated heterocycles. The van der Waals surface area contributed by atoms with E-state index in [9.17, 15) is 9.59 Å². The zero-order valence-corrected chi connectivity index (χ0v) is 20.6. The number of Topliss-reactive ketones (excluding diaryl/α,β-unsaturated/α-hetero) is 1. The number of carbonyl (C=O) groups excluding carboxylic acids is 2. The van der Waals surface area contributed by atoms with Gasteiger partial charge in [0.05, 0.1) is 0 Å². The van der Waals surface area contributed by atoms with Crippen molar-refractivity contribution in [3.8, 4) is 0 Å². The molecule has 0 aromatic carbocycles. The molecule has 0 aromatic heterocycles. The summed E-state index contributed by atoms with van der Waals surface area (Å²) in [6.45, 7) is 13.6. The van der Waals surface area contributed by atoms with Crippen molar-refractivity contribution in [3.05, 3.63) is 70.9 Å². The van der Waals surface area contributed by atoms with E-state index >= 15 is 0 Å². The highest BCUT2D eigenvalue weighted by molar-refractivity contribution is 6.01. The molecule has 1 unspecified atom stereocenters. The van der Waals surface area contributed by atoms with Crippen LogP contribution in [-0.4, -0.2) is 36.0 Å². The smallest absolute Gasteiger partial charge is 0.410 e. The Labute approximate surface area is 194 Å². The molecule has 0 N–H and O–H groups in total. The van der Waals surface area contributed by atoms with Crippen LogP contribution in [0, 0.1) is 5.41 Å². The van der Waals surface area contributed by atoms with Crippen molar-refractivity contribution in [3.63, 3.8) is 0 Å². The number of ether oxygens (including phenoxy) is 1. The molecule has 4 nitrogen and oxygen atoms in total. The number of amides is 1. The minimum Gasteiger partial charge on any atom is -0.438 e. The molecule has 1 atom stereocenters. The summed E-state index contributed by atoms with van der Waals surface area (Å²) < 4.78 is 5.68. The van der Waals surface area contributed by atoms with E-state index in [0.29, 0.717) is 12.0 Å². The first-order valence-electron chi connectivity index (χ1n) is 11.7. The normalized spacial score (nSPS) is 23.1. The highest BCUT2D eigenvalue weighted by Gasteiger charge is 2.40. The lowest BCUT2D eigenvalue weighted by atomic mass is 9.71. The van der Waals surface area contributed by atoms with E-state index in [-0.39, 0.29) is 17.3 Å². The number of allylic oxidation sites excluding steroid dienone is 11. The van der Waals surface area contributed by atoms with Gasteiger partial charge in [0.15, 0.2) is 11.9 Å². The van der Waals surface area contributed by atoms with Crippen LogP contribution in [0.15, 0.2) is 70.9 Å². The van der Waals surface area contributed by atoms with Gasteiger partial charge in [-0.3, -0.25) is 4.79 Å². The predicted molar refractivity (Wildman–Crippen MR) is 132 cm³/mol. The lowest BCUT2D eigenvalue weighted by molar-refractivity contribution is -0.126. The van der Waals surface area contributed by atoms with Crippen molar-refractivity contribution in [2.75, 3.05) is 13.1 Å². The molecule has 2 aliphatic rings. The van der Waals surface area contributed by atoms with Crippen molar-refractivity contribution in [2.45, 2.75) is 73.3 Å². The second kappa shape index (κ2) is 11.8. The molecule has 1 aliphatic heterocycles. The summed E-state index contributed by atoms with van der Waals surface area (Å²) in [5.74, 6) is -0.0828. The summed E-state index contributed by atoms with van der Waals surface area (Å²) in [5.41, 5.74) is 3.71. The van der Waals surface area contributed by atoms with Gasteiger partial charge in [-0.25, -0.2) is 4.79 Å². The topological polar surface area (TPSA) is 46.6 Å². The van der Waals surface area contributed by atoms with Gasteiger partial charge >= 0.3 is 6.09 Å². The molecular weight excluding hydrogens is 398 g/mol. The Kier molecular flexibility index (Phi) is 9.49. The van der Waals surface area contributed by atoms with Crippen molar-refractivity contribution in [2.24, 2.45) is 5.41 Å². The maximum atomic E-state index is 13.0. The lowest BCUT2D eigenvalue weighted by Crippen LogP contribution is -2.43. The SMILES string of the molecule is C/C=C/C=C(C)/C=C/C=C(C)/C=C/C1=C(C)C(=O)C(OC(=O)N2CCCCC2)CC1(C)C. The van der Waals surface area contributed by atoms with Gasteiger partial charge < -0.3 is 9.64 Å². The summed E-state index contributed by atoms with van der Waals surface area (Å²) in [6, 6.07) is 0. The number of likely N-dealkylation sites (tertiary alicyclic amines) is 1. The van der Waals surface area contributed by atoms with Crippen LogP contribution in [0.3, 0.4) is 0 Å². The molecule has 2 rings (SSSR count). The van der Waals surface area contributed by atoms with E-state index in [2.05, 4.69) is 39.0 Å². The van der Waals surface area contributed by atoms with Crippen LogP contribution in [0.4, 0.5) is 4.79 Å². The summed E-state index contributed by atoms with van der Waals surface area (Å²) in [6.07, 6.45) is 18.9. The summed E-state index contributed by atoms with van der Waals surface area (Å²) in [7, 11) is 0. The molecule has 0 spiro atoms. The fraction of sp³-hybridized carbons (Fsp3) is 0.500. The van der Waals surface area contributed by atoms with Crippen LogP contribution in [0.25, 0.3) is 0 Å². The molecule has 0 aromatic rings. The van der Waals surface area contributed by atoms with E-state index in [0.717, 1.165) is 43.5 Å². The third-order valence-corrected chi connectivity index (χ3v) is 6.13. The average molecular weight is 438 g/mol. The lowest BCUT2D eigenvalue weighted by Gasteiger charge is -2.37. The Morgan fingerprint density at radius 3 is 2.31 bits per heavy atom. The van der Waals surface area contributed by atoms with Gasteiger partial charge in [0.1, 0.15) is 0 Å². The van der Waals surface area contributed by atoms with Crippen molar-refractivity contribution in [1.29, 1.82) is 0 Å². The Morgan fingerprint density at radius 2 is 1.66 bits per heavy atom. The van der Waals surface area contributed by atoms with E-state index in [1.165, 1.54) is 5.57 Å². The van der Waals surface area contributed by atoms with E-state index in [4.69, 9.17) is 4.74 Å². The monoisotopic (exact) mass is 437 g/mol. The fourth-order valence-corrected chi connectivity index (χ4v) is 4.19. The minimum absolute atomic E-state index is 0.0828. The minimum atomic E-state index is -0.705. The van der Waals surface area contributed by atoms with Crippen molar-refractivity contribution >= 4 is 11.9 Å². The first-order valence-corrected chi connectivity index (χ1v) is 11.7. The van der Waals surface area contributed by atoms with Gasteiger partial charge in [-0.15, -0.1) is 0 Å². The Bertz CT molecular complexity index is 874. The molecule has 4 heteroatoms. The van der Waals surface area contributed by atoms with Gasteiger partial charge in [-0.05, 0) is 63.5 Å². The summed E-state index contributed by atoms with van der Waals surface area (Å²) in [5, 5.41) is 0. The van der Waals surface area contributed by atoms with Gasteiger partial charge in [0, 0.05) is 19.5 Å². The Morgan fingerprint density at radius 1 is 1.03 bits per heavy atom. The number of hydrogen-bond acceptors (Lipinski definition) is 3. The highest BCUT2D eigenvalue weighted by atomic mass is 16.6. The van der Waals surface area contributed by atoms with E-state index in [1.54, 1.807) is 4.90 Å². The van der Waals surface area contributed by atoms with E-state index in [1.807, 2.05) is 51.2 Å². The molecule has 0 bridgehead atoms. The number of carbonyl (C=O) groups is 2. The van der Waals surface area contributed by atoms with Crippen LogP contribution >= 0.6 is 0 Å². The number of piperidine rings is 1. The van der Waals surface area contributed by atoms with Crippen LogP contribution < -0.4 is 0 Å². The third kappa shape index (κ3) is 7.22. The number of ketones is 1. The second-order valence-corrected chi connectivity index (χ2v) is 9.45. The maximum Gasteiger partial charge on any atom is 0.410 e. The molecule has 1 heterocycles. The molecule has 1 aliphatic carbocycles. The third-order valence-electron chi connectivity index (χ3n) is 6.13. The first kappa shape index (κ1) is 25.6. The molecule has 1 fully saturated rings. The maximum absolute atomic E-state index is 13.0. The molecule has 32 heavy (non-hydrogen) atoms. The Balaban J connectivity index is 2.11. The standard InChI is InChI=1S/C28H39NO3/c1-7-8-13-21(2)14-12-15-22(3)16-17-24-23(4)26(30)25(20-28(24,5)6)32-27(31)29-18-10-9-11-19-29/h7-8,12-17,25H,9-11,18-20H2,1-6H3/b8-7+,14-12+,17-16+,21-13+,22-15+.